The Kier molecular flexibility index (Phi) is 7.08. The number of carbonyl (C=O) groups is 3. The zero-order valence-electron chi connectivity index (χ0n) is 15.8. The Hall–Kier alpha value is -3.42. The van der Waals surface area contributed by atoms with E-state index in [1.807, 2.05) is 19.9 Å². The summed E-state index contributed by atoms with van der Waals surface area (Å²) in [5.74, 6) is -2.36. The average Bonchev–Trinajstić information content (AvgIpc) is 2.65. The molecule has 7 nitrogen and oxygen atoms in total. The summed E-state index contributed by atoms with van der Waals surface area (Å²) in [7, 11) is 0. The third-order valence-corrected chi connectivity index (χ3v) is 3.73. The van der Waals surface area contributed by atoms with Crippen LogP contribution in [0.2, 0.25) is 0 Å². The molecule has 1 unspecified atom stereocenters. The van der Waals surface area contributed by atoms with E-state index in [2.05, 4.69) is 16.2 Å². The van der Waals surface area contributed by atoms with E-state index < -0.39 is 29.6 Å². The number of amides is 3. The summed E-state index contributed by atoms with van der Waals surface area (Å²) in [4.78, 5) is 35.8. The Morgan fingerprint density at radius 2 is 1.68 bits per heavy atom. The molecule has 0 aliphatic carbocycles. The van der Waals surface area contributed by atoms with Gasteiger partial charge in [0.2, 0.25) is 0 Å². The van der Waals surface area contributed by atoms with Crippen LogP contribution in [0.4, 0.5) is 4.39 Å². The average molecular weight is 387 g/mol. The Morgan fingerprint density at radius 1 is 1.04 bits per heavy atom. The monoisotopic (exact) mass is 387 g/mol. The summed E-state index contributed by atoms with van der Waals surface area (Å²) in [6.07, 6.45) is -1.04. The summed E-state index contributed by atoms with van der Waals surface area (Å²) >= 11 is 0. The van der Waals surface area contributed by atoms with E-state index in [9.17, 15) is 18.8 Å². The third kappa shape index (κ3) is 6.08. The lowest BCUT2D eigenvalue weighted by atomic mass is 10.1. The van der Waals surface area contributed by atoms with Gasteiger partial charge in [0.25, 0.3) is 17.7 Å². The van der Waals surface area contributed by atoms with Crippen LogP contribution in [-0.4, -0.2) is 30.4 Å². The molecule has 3 N–H and O–H groups in total. The van der Waals surface area contributed by atoms with Crippen molar-refractivity contribution in [3.63, 3.8) is 0 Å². The van der Waals surface area contributed by atoms with Crippen LogP contribution in [0.3, 0.4) is 0 Å². The van der Waals surface area contributed by atoms with Crippen molar-refractivity contribution in [1.82, 2.24) is 16.2 Å². The summed E-state index contributed by atoms with van der Waals surface area (Å²) in [5, 5.41) is 2.47. The first-order valence-electron chi connectivity index (χ1n) is 8.62. The molecule has 0 spiro atoms. The van der Waals surface area contributed by atoms with Crippen LogP contribution in [0.25, 0.3) is 0 Å². The first kappa shape index (κ1) is 20.9. The summed E-state index contributed by atoms with van der Waals surface area (Å²) in [6.45, 7) is 4.83. The van der Waals surface area contributed by atoms with Crippen LogP contribution in [0, 0.1) is 19.7 Å². The zero-order valence-corrected chi connectivity index (χ0v) is 15.8. The number of benzene rings is 2. The molecular formula is C20H22FN3O4. The number of hydrazine groups is 1. The Balaban J connectivity index is 1.77. The number of aryl methyl sites for hydroxylation is 2. The van der Waals surface area contributed by atoms with Gasteiger partial charge in [-0.15, -0.1) is 0 Å². The molecule has 1 atom stereocenters. The number of nitrogens with one attached hydrogen (secondary N) is 3. The van der Waals surface area contributed by atoms with Crippen LogP contribution < -0.4 is 20.9 Å². The van der Waals surface area contributed by atoms with Crippen molar-refractivity contribution in [2.75, 3.05) is 6.54 Å². The molecule has 28 heavy (non-hydrogen) atoms. The molecule has 148 valence electrons. The van der Waals surface area contributed by atoms with Crippen LogP contribution in [-0.2, 0) is 9.59 Å². The van der Waals surface area contributed by atoms with E-state index in [4.69, 9.17) is 4.74 Å². The Morgan fingerprint density at radius 3 is 2.32 bits per heavy atom. The van der Waals surface area contributed by atoms with Crippen molar-refractivity contribution in [2.24, 2.45) is 0 Å². The van der Waals surface area contributed by atoms with E-state index in [-0.39, 0.29) is 12.3 Å². The van der Waals surface area contributed by atoms with Crippen LogP contribution in [0.5, 0.6) is 5.75 Å². The molecule has 2 aromatic carbocycles. The number of halogens is 1. The maximum absolute atomic E-state index is 13.5. The molecule has 0 saturated carbocycles. The van der Waals surface area contributed by atoms with Gasteiger partial charge in [0, 0.05) is 5.56 Å². The standard InChI is InChI=1S/C20H22FN3O4/c1-12-8-13(2)10-15(9-12)20(27)22-11-18(25)23-24-19(26)14(3)28-17-7-5-4-6-16(17)21/h4-10,14H,11H2,1-3H3,(H,22,27)(H,23,25)(H,24,26). The molecule has 0 heterocycles. The van der Waals surface area contributed by atoms with Crippen molar-refractivity contribution >= 4 is 17.7 Å². The molecule has 0 aliphatic rings. The highest BCUT2D eigenvalue weighted by Gasteiger charge is 2.17. The Bertz CT molecular complexity index is 865. The van der Waals surface area contributed by atoms with E-state index in [0.29, 0.717) is 5.56 Å². The van der Waals surface area contributed by atoms with Crippen molar-refractivity contribution in [3.05, 3.63) is 65.0 Å². The first-order valence-corrected chi connectivity index (χ1v) is 8.62. The molecule has 0 fully saturated rings. The highest BCUT2D eigenvalue weighted by atomic mass is 19.1. The topological polar surface area (TPSA) is 96.5 Å². The second kappa shape index (κ2) is 9.50. The minimum atomic E-state index is -1.04. The first-order chi connectivity index (χ1) is 13.3. The SMILES string of the molecule is Cc1cc(C)cc(C(=O)NCC(=O)NNC(=O)C(C)Oc2ccccc2F)c1. The fraction of sp³-hybridized carbons (Fsp3) is 0.250. The van der Waals surface area contributed by atoms with Crippen LogP contribution >= 0.6 is 0 Å². The number of para-hydroxylation sites is 1. The van der Waals surface area contributed by atoms with E-state index in [1.165, 1.54) is 25.1 Å². The molecule has 2 rings (SSSR count). The molecular weight excluding hydrogens is 365 g/mol. The highest BCUT2D eigenvalue weighted by molar-refractivity contribution is 5.97. The minimum absolute atomic E-state index is 0.0720. The maximum atomic E-state index is 13.5. The van der Waals surface area contributed by atoms with Gasteiger partial charge in [-0.1, -0.05) is 29.3 Å². The predicted octanol–water partition coefficient (Wildman–Crippen LogP) is 1.79. The smallest absolute Gasteiger partial charge is 0.279 e. The van der Waals surface area contributed by atoms with Crippen molar-refractivity contribution < 1.29 is 23.5 Å². The zero-order chi connectivity index (χ0) is 20.7. The van der Waals surface area contributed by atoms with Crippen molar-refractivity contribution in [1.29, 1.82) is 0 Å². The van der Waals surface area contributed by atoms with Crippen LogP contribution in [0.1, 0.15) is 28.4 Å². The van der Waals surface area contributed by atoms with E-state index >= 15 is 0 Å². The molecule has 0 aliphatic heterocycles. The van der Waals surface area contributed by atoms with Crippen LogP contribution in [0.15, 0.2) is 42.5 Å². The Labute approximate surface area is 162 Å². The number of hydrogen-bond acceptors (Lipinski definition) is 4. The maximum Gasteiger partial charge on any atom is 0.279 e. The lowest BCUT2D eigenvalue weighted by molar-refractivity contribution is -0.132. The van der Waals surface area contributed by atoms with Gasteiger partial charge >= 0.3 is 0 Å². The largest absolute Gasteiger partial charge is 0.478 e. The van der Waals surface area contributed by atoms with Gasteiger partial charge in [0.15, 0.2) is 17.7 Å². The second-order valence-electron chi connectivity index (χ2n) is 6.29. The molecule has 0 bridgehead atoms. The van der Waals surface area contributed by atoms with Gasteiger partial charge in [-0.3, -0.25) is 25.2 Å². The van der Waals surface area contributed by atoms with Gasteiger partial charge in [0.1, 0.15) is 0 Å². The second-order valence-corrected chi connectivity index (χ2v) is 6.29. The number of rotatable bonds is 6. The predicted molar refractivity (Wildman–Crippen MR) is 101 cm³/mol. The molecule has 0 saturated heterocycles. The number of hydrogen-bond donors (Lipinski definition) is 3. The van der Waals surface area contributed by atoms with Gasteiger partial charge in [-0.05, 0) is 45.0 Å². The molecule has 0 radical (unpaired) electrons. The lowest BCUT2D eigenvalue weighted by Crippen LogP contribution is -2.50. The van der Waals surface area contributed by atoms with E-state index in [1.54, 1.807) is 18.2 Å². The fourth-order valence-electron chi connectivity index (χ4n) is 2.43. The molecule has 0 aromatic heterocycles. The minimum Gasteiger partial charge on any atom is -0.478 e. The summed E-state index contributed by atoms with van der Waals surface area (Å²) in [6, 6.07) is 11.0. The van der Waals surface area contributed by atoms with Gasteiger partial charge in [-0.2, -0.15) is 0 Å². The lowest BCUT2D eigenvalue weighted by Gasteiger charge is -2.15. The quantitative estimate of drug-likeness (QED) is 0.659. The molecule has 8 heteroatoms. The molecule has 3 amide bonds. The normalized spacial score (nSPS) is 11.3. The van der Waals surface area contributed by atoms with Crippen molar-refractivity contribution in [3.8, 4) is 5.75 Å². The summed E-state index contributed by atoms with van der Waals surface area (Å²) < 4.78 is 18.7. The van der Waals surface area contributed by atoms with Crippen molar-refractivity contribution in [2.45, 2.75) is 26.9 Å². The number of ether oxygens (including phenoxy) is 1. The molecule has 2 aromatic rings. The summed E-state index contributed by atoms with van der Waals surface area (Å²) in [5.41, 5.74) is 6.65. The highest BCUT2D eigenvalue weighted by Crippen LogP contribution is 2.16. The van der Waals surface area contributed by atoms with Gasteiger partial charge in [0.05, 0.1) is 6.54 Å². The van der Waals surface area contributed by atoms with Gasteiger partial charge < -0.3 is 10.1 Å². The number of carbonyl (C=O) groups excluding carboxylic acids is 3. The third-order valence-electron chi connectivity index (χ3n) is 3.73. The van der Waals surface area contributed by atoms with E-state index in [0.717, 1.165) is 11.1 Å². The van der Waals surface area contributed by atoms with Gasteiger partial charge in [-0.25, -0.2) is 4.39 Å². The fourth-order valence-corrected chi connectivity index (χ4v) is 2.43.